The van der Waals surface area contributed by atoms with E-state index in [4.69, 9.17) is 0 Å². The Hall–Kier alpha value is -2.41. The maximum absolute atomic E-state index is 12.2. The van der Waals surface area contributed by atoms with Crippen LogP contribution in [0.2, 0.25) is 0 Å². The van der Waals surface area contributed by atoms with Crippen LogP contribution in [0.5, 0.6) is 0 Å². The summed E-state index contributed by atoms with van der Waals surface area (Å²) in [5.41, 5.74) is 1.66. The summed E-state index contributed by atoms with van der Waals surface area (Å²) in [5.74, 6) is -0.0835. The fourth-order valence-corrected chi connectivity index (χ4v) is 3.48. The Morgan fingerprint density at radius 3 is 2.79 bits per heavy atom. The van der Waals surface area contributed by atoms with Gasteiger partial charge in [0.2, 0.25) is 11.8 Å². The standard InChI is InChI=1S/C17H20N4O2S/c1-12(22)19-14-4-2-13(3-5-14)10-16(23)20-15-6-8-21(11-15)17-18-7-9-24-17/h2-5,7,9,15H,6,8,10-11H2,1H3,(H,19,22)(H,20,23)/t15-/m1/s1. The highest BCUT2D eigenvalue weighted by Gasteiger charge is 2.25. The second kappa shape index (κ2) is 7.44. The van der Waals surface area contributed by atoms with Crippen molar-refractivity contribution in [3.8, 4) is 0 Å². The quantitative estimate of drug-likeness (QED) is 0.870. The van der Waals surface area contributed by atoms with Gasteiger partial charge in [0, 0.05) is 43.3 Å². The third-order valence-electron chi connectivity index (χ3n) is 3.88. The number of nitrogens with zero attached hydrogens (tertiary/aromatic N) is 2. The second-order valence-electron chi connectivity index (χ2n) is 5.87. The lowest BCUT2D eigenvalue weighted by Gasteiger charge is -2.15. The Labute approximate surface area is 144 Å². The van der Waals surface area contributed by atoms with Crippen molar-refractivity contribution in [3.05, 3.63) is 41.4 Å². The van der Waals surface area contributed by atoms with Crippen molar-refractivity contribution in [3.63, 3.8) is 0 Å². The van der Waals surface area contributed by atoms with Crippen LogP contribution in [-0.2, 0) is 16.0 Å². The summed E-state index contributed by atoms with van der Waals surface area (Å²) in [6, 6.07) is 7.51. The first kappa shape index (κ1) is 16.4. The number of rotatable bonds is 5. The zero-order valence-corrected chi connectivity index (χ0v) is 14.3. The lowest BCUT2D eigenvalue weighted by atomic mass is 10.1. The molecule has 3 rings (SSSR count). The van der Waals surface area contributed by atoms with Crippen LogP contribution in [0.15, 0.2) is 35.8 Å². The Bertz CT molecular complexity index is 700. The average molecular weight is 344 g/mol. The third kappa shape index (κ3) is 4.32. The molecule has 6 nitrogen and oxygen atoms in total. The zero-order valence-electron chi connectivity index (χ0n) is 13.5. The Morgan fingerprint density at radius 1 is 1.33 bits per heavy atom. The zero-order chi connectivity index (χ0) is 16.9. The molecular formula is C17H20N4O2S. The van der Waals surface area contributed by atoms with E-state index in [0.717, 1.165) is 35.9 Å². The molecule has 0 saturated carbocycles. The van der Waals surface area contributed by atoms with E-state index < -0.39 is 0 Å². The average Bonchev–Trinajstić information content (AvgIpc) is 3.19. The number of hydrogen-bond acceptors (Lipinski definition) is 5. The predicted molar refractivity (Wildman–Crippen MR) is 95.3 cm³/mol. The molecule has 2 aromatic rings. The number of nitrogens with one attached hydrogen (secondary N) is 2. The first-order valence-corrected chi connectivity index (χ1v) is 8.78. The maximum Gasteiger partial charge on any atom is 0.224 e. The van der Waals surface area contributed by atoms with Gasteiger partial charge in [-0.25, -0.2) is 4.98 Å². The van der Waals surface area contributed by atoms with E-state index in [2.05, 4.69) is 20.5 Å². The van der Waals surface area contributed by atoms with Gasteiger partial charge in [0.05, 0.1) is 6.42 Å². The van der Waals surface area contributed by atoms with E-state index in [1.165, 1.54) is 6.92 Å². The van der Waals surface area contributed by atoms with E-state index >= 15 is 0 Å². The van der Waals surface area contributed by atoms with E-state index in [0.29, 0.717) is 6.42 Å². The number of benzene rings is 1. The molecule has 1 saturated heterocycles. The molecule has 2 N–H and O–H groups in total. The third-order valence-corrected chi connectivity index (χ3v) is 4.71. The van der Waals surface area contributed by atoms with Gasteiger partial charge < -0.3 is 15.5 Å². The van der Waals surface area contributed by atoms with Crippen LogP contribution in [0, 0.1) is 0 Å². The summed E-state index contributed by atoms with van der Waals surface area (Å²) in [5, 5.41) is 8.78. The normalized spacial score (nSPS) is 16.9. The van der Waals surface area contributed by atoms with Gasteiger partial charge in [-0.3, -0.25) is 9.59 Å². The molecule has 24 heavy (non-hydrogen) atoms. The highest BCUT2D eigenvalue weighted by atomic mass is 32.1. The van der Waals surface area contributed by atoms with Crippen molar-refractivity contribution in [1.82, 2.24) is 10.3 Å². The lowest BCUT2D eigenvalue weighted by molar-refractivity contribution is -0.121. The van der Waals surface area contributed by atoms with Crippen molar-refractivity contribution < 1.29 is 9.59 Å². The van der Waals surface area contributed by atoms with Crippen LogP contribution in [0.1, 0.15) is 18.9 Å². The van der Waals surface area contributed by atoms with Gasteiger partial charge in [-0.2, -0.15) is 0 Å². The number of amides is 2. The lowest BCUT2D eigenvalue weighted by Crippen LogP contribution is -2.37. The van der Waals surface area contributed by atoms with E-state index in [1.807, 2.05) is 29.6 Å². The van der Waals surface area contributed by atoms with Crippen LogP contribution >= 0.6 is 11.3 Å². The summed E-state index contributed by atoms with van der Waals surface area (Å²) in [7, 11) is 0. The Kier molecular flexibility index (Phi) is 5.10. The van der Waals surface area contributed by atoms with Gasteiger partial charge in [-0.15, -0.1) is 11.3 Å². The number of carbonyl (C=O) groups excluding carboxylic acids is 2. The first-order chi connectivity index (χ1) is 11.6. The minimum Gasteiger partial charge on any atom is -0.351 e. The van der Waals surface area contributed by atoms with Crippen molar-refractivity contribution in [1.29, 1.82) is 0 Å². The molecule has 7 heteroatoms. The minimum absolute atomic E-state index is 0.0215. The number of hydrogen-bond donors (Lipinski definition) is 2. The molecule has 1 aliphatic rings. The number of thiazole rings is 1. The van der Waals surface area contributed by atoms with Crippen molar-refractivity contribution in [2.24, 2.45) is 0 Å². The van der Waals surface area contributed by atoms with Crippen LogP contribution in [0.3, 0.4) is 0 Å². The van der Waals surface area contributed by atoms with Crippen LogP contribution in [-0.4, -0.2) is 35.9 Å². The van der Waals surface area contributed by atoms with Gasteiger partial charge in [-0.1, -0.05) is 12.1 Å². The molecule has 0 radical (unpaired) electrons. The first-order valence-electron chi connectivity index (χ1n) is 7.90. The topological polar surface area (TPSA) is 74.3 Å². The highest BCUT2D eigenvalue weighted by Crippen LogP contribution is 2.22. The summed E-state index contributed by atoms with van der Waals surface area (Å²) in [6.07, 6.45) is 3.08. The molecule has 0 spiro atoms. The van der Waals surface area contributed by atoms with E-state index in [9.17, 15) is 9.59 Å². The number of aromatic nitrogens is 1. The summed E-state index contributed by atoms with van der Waals surface area (Å²) in [6.45, 7) is 3.20. The van der Waals surface area contributed by atoms with Crippen molar-refractivity contribution in [2.45, 2.75) is 25.8 Å². The van der Waals surface area contributed by atoms with Crippen LogP contribution in [0.4, 0.5) is 10.8 Å². The molecule has 0 aliphatic carbocycles. The Balaban J connectivity index is 1.48. The predicted octanol–water partition coefficient (Wildman–Crippen LogP) is 2.04. The molecule has 0 bridgehead atoms. The van der Waals surface area contributed by atoms with Crippen molar-refractivity contribution in [2.75, 3.05) is 23.3 Å². The van der Waals surface area contributed by atoms with Crippen molar-refractivity contribution >= 4 is 34.0 Å². The molecule has 2 heterocycles. The highest BCUT2D eigenvalue weighted by molar-refractivity contribution is 7.13. The fourth-order valence-electron chi connectivity index (χ4n) is 2.80. The molecule has 1 fully saturated rings. The number of carbonyl (C=O) groups is 2. The summed E-state index contributed by atoms with van der Waals surface area (Å²) < 4.78 is 0. The summed E-state index contributed by atoms with van der Waals surface area (Å²) >= 11 is 1.62. The van der Waals surface area contributed by atoms with Gasteiger partial charge in [-0.05, 0) is 24.1 Å². The summed E-state index contributed by atoms with van der Waals surface area (Å²) in [4.78, 5) is 29.7. The molecule has 1 atom stereocenters. The molecule has 0 unspecified atom stereocenters. The van der Waals surface area contributed by atoms with Gasteiger partial charge in [0.25, 0.3) is 0 Å². The molecular weight excluding hydrogens is 324 g/mol. The van der Waals surface area contributed by atoms with Crippen LogP contribution in [0.25, 0.3) is 0 Å². The monoisotopic (exact) mass is 344 g/mol. The molecule has 1 aromatic carbocycles. The smallest absolute Gasteiger partial charge is 0.224 e. The van der Waals surface area contributed by atoms with Crippen LogP contribution < -0.4 is 15.5 Å². The van der Waals surface area contributed by atoms with Gasteiger partial charge in [0.1, 0.15) is 0 Å². The van der Waals surface area contributed by atoms with Gasteiger partial charge in [0.15, 0.2) is 5.13 Å². The van der Waals surface area contributed by atoms with E-state index in [-0.39, 0.29) is 17.9 Å². The molecule has 1 aliphatic heterocycles. The maximum atomic E-state index is 12.2. The molecule has 126 valence electrons. The van der Waals surface area contributed by atoms with E-state index in [1.54, 1.807) is 17.5 Å². The molecule has 1 aromatic heterocycles. The minimum atomic E-state index is -0.105. The largest absolute Gasteiger partial charge is 0.351 e. The SMILES string of the molecule is CC(=O)Nc1ccc(CC(=O)N[C@@H]2CCN(c3nccs3)C2)cc1. The number of anilines is 2. The molecule has 2 amide bonds. The second-order valence-corrected chi connectivity index (χ2v) is 6.74. The van der Waals surface area contributed by atoms with Gasteiger partial charge >= 0.3 is 0 Å². The Morgan fingerprint density at radius 2 is 2.12 bits per heavy atom. The fraction of sp³-hybridized carbons (Fsp3) is 0.353.